The molecule has 0 bridgehead atoms. The minimum absolute atomic E-state index is 0.449. The maximum absolute atomic E-state index is 9.65. The lowest BCUT2D eigenvalue weighted by Gasteiger charge is -2.11. The molecular formula is C30H30O4. The van der Waals surface area contributed by atoms with Gasteiger partial charge in [-0.15, -0.1) is 0 Å². The molecule has 4 heteroatoms. The van der Waals surface area contributed by atoms with E-state index in [4.69, 9.17) is 9.47 Å². The number of aliphatic hydroxyl groups is 2. The average molecular weight is 455 g/mol. The average Bonchev–Trinajstić information content (AvgIpc) is 2.87. The second-order valence-corrected chi connectivity index (χ2v) is 8.34. The van der Waals surface area contributed by atoms with E-state index in [1.54, 1.807) is 13.8 Å². The van der Waals surface area contributed by atoms with Crippen LogP contribution < -0.4 is 9.47 Å². The van der Waals surface area contributed by atoms with E-state index >= 15 is 0 Å². The topological polar surface area (TPSA) is 58.9 Å². The zero-order valence-electron chi connectivity index (χ0n) is 19.5. The van der Waals surface area contributed by atoms with Crippen LogP contribution in [0.15, 0.2) is 97.1 Å². The molecule has 0 radical (unpaired) electrons. The molecule has 0 saturated carbocycles. The van der Waals surface area contributed by atoms with Gasteiger partial charge in [0.05, 0.1) is 12.2 Å². The van der Waals surface area contributed by atoms with Crippen LogP contribution in [0.1, 0.15) is 37.2 Å². The normalized spacial score (nSPS) is 12.7. The van der Waals surface area contributed by atoms with Crippen molar-refractivity contribution in [2.45, 2.75) is 26.1 Å². The van der Waals surface area contributed by atoms with Gasteiger partial charge in [0.25, 0.3) is 0 Å². The van der Waals surface area contributed by atoms with Crippen LogP contribution >= 0.6 is 0 Å². The molecule has 2 atom stereocenters. The second kappa shape index (κ2) is 11.0. The summed E-state index contributed by atoms with van der Waals surface area (Å²) in [5.41, 5.74) is 6.21. The van der Waals surface area contributed by atoms with Crippen LogP contribution in [-0.2, 0) is 0 Å². The summed E-state index contributed by atoms with van der Waals surface area (Å²) in [5.74, 6) is 1.59. The van der Waals surface area contributed by atoms with E-state index in [1.165, 1.54) is 0 Å². The van der Waals surface area contributed by atoms with Gasteiger partial charge in [0.2, 0.25) is 0 Å². The Labute approximate surface area is 201 Å². The van der Waals surface area contributed by atoms with E-state index in [9.17, 15) is 10.2 Å². The van der Waals surface area contributed by atoms with Gasteiger partial charge in [0.15, 0.2) is 0 Å². The van der Waals surface area contributed by atoms with Crippen LogP contribution in [0.25, 0.3) is 22.3 Å². The SMILES string of the molecule is CC(O)c1ccc(-c2ccc(OCCOc3ccc(-c4ccc(C(C)O)cc4)cc3)cc2)cc1. The van der Waals surface area contributed by atoms with Gasteiger partial charge >= 0.3 is 0 Å². The summed E-state index contributed by atoms with van der Waals surface area (Å²) in [6, 6.07) is 31.8. The number of rotatable bonds is 9. The number of hydrogen-bond acceptors (Lipinski definition) is 4. The molecular weight excluding hydrogens is 424 g/mol. The quantitative estimate of drug-likeness (QED) is 0.280. The van der Waals surface area contributed by atoms with Crippen molar-refractivity contribution in [1.29, 1.82) is 0 Å². The highest BCUT2D eigenvalue weighted by Crippen LogP contribution is 2.26. The summed E-state index contributed by atoms with van der Waals surface area (Å²) < 4.78 is 11.6. The lowest BCUT2D eigenvalue weighted by atomic mass is 10.0. The first kappa shape index (κ1) is 23.6. The Hall–Kier alpha value is -3.60. The molecule has 34 heavy (non-hydrogen) atoms. The largest absolute Gasteiger partial charge is 0.490 e. The maximum Gasteiger partial charge on any atom is 0.122 e. The monoisotopic (exact) mass is 454 g/mol. The third-order valence-electron chi connectivity index (χ3n) is 5.78. The zero-order chi connectivity index (χ0) is 23.9. The van der Waals surface area contributed by atoms with Gasteiger partial charge in [-0.1, -0.05) is 72.8 Å². The van der Waals surface area contributed by atoms with Crippen molar-refractivity contribution < 1.29 is 19.7 Å². The van der Waals surface area contributed by atoms with Crippen LogP contribution in [0.4, 0.5) is 0 Å². The van der Waals surface area contributed by atoms with Crippen LogP contribution in [0.3, 0.4) is 0 Å². The first-order valence-corrected chi connectivity index (χ1v) is 11.5. The van der Waals surface area contributed by atoms with Gasteiger partial charge in [0, 0.05) is 0 Å². The number of benzene rings is 4. The molecule has 0 fully saturated rings. The first-order chi connectivity index (χ1) is 16.5. The Kier molecular flexibility index (Phi) is 7.63. The van der Waals surface area contributed by atoms with E-state index in [-0.39, 0.29) is 0 Å². The van der Waals surface area contributed by atoms with Crippen molar-refractivity contribution in [3.63, 3.8) is 0 Å². The fourth-order valence-corrected chi connectivity index (χ4v) is 3.71. The van der Waals surface area contributed by atoms with Crippen LogP contribution in [0, 0.1) is 0 Å². The number of ether oxygens (including phenoxy) is 2. The second-order valence-electron chi connectivity index (χ2n) is 8.34. The van der Waals surface area contributed by atoms with E-state index in [2.05, 4.69) is 0 Å². The predicted octanol–water partition coefficient (Wildman–Crippen LogP) is 6.59. The molecule has 2 unspecified atom stereocenters. The molecule has 0 aliphatic rings. The van der Waals surface area contributed by atoms with Crippen LogP contribution in [0.5, 0.6) is 11.5 Å². The van der Waals surface area contributed by atoms with Crippen molar-refractivity contribution in [2.75, 3.05) is 13.2 Å². The van der Waals surface area contributed by atoms with Crippen molar-refractivity contribution in [3.8, 4) is 33.8 Å². The Morgan fingerprint density at radius 2 is 0.735 bits per heavy atom. The summed E-state index contributed by atoms with van der Waals surface area (Å²) in [5, 5.41) is 19.3. The molecule has 4 rings (SSSR count). The van der Waals surface area contributed by atoms with Crippen molar-refractivity contribution >= 4 is 0 Å². The zero-order valence-corrected chi connectivity index (χ0v) is 19.5. The lowest BCUT2D eigenvalue weighted by Crippen LogP contribution is -2.08. The molecule has 0 spiro atoms. The summed E-state index contributed by atoms with van der Waals surface area (Å²) in [6.45, 7) is 4.43. The Bertz CT molecular complexity index is 1060. The van der Waals surface area contributed by atoms with Gasteiger partial charge in [0.1, 0.15) is 24.7 Å². The predicted molar refractivity (Wildman–Crippen MR) is 136 cm³/mol. The van der Waals surface area contributed by atoms with Gasteiger partial charge in [-0.25, -0.2) is 0 Å². The highest BCUT2D eigenvalue weighted by atomic mass is 16.5. The summed E-state index contributed by atoms with van der Waals surface area (Å²) >= 11 is 0. The van der Waals surface area contributed by atoms with E-state index in [0.29, 0.717) is 13.2 Å². The summed E-state index contributed by atoms with van der Waals surface area (Å²) in [6.07, 6.45) is -0.919. The number of hydrogen-bond donors (Lipinski definition) is 2. The van der Waals surface area contributed by atoms with Crippen LogP contribution in [0.2, 0.25) is 0 Å². The summed E-state index contributed by atoms with van der Waals surface area (Å²) in [7, 11) is 0. The Morgan fingerprint density at radius 1 is 0.471 bits per heavy atom. The molecule has 0 heterocycles. The minimum Gasteiger partial charge on any atom is -0.490 e. The maximum atomic E-state index is 9.65. The Balaban J connectivity index is 1.25. The van der Waals surface area contributed by atoms with Gasteiger partial charge in [-0.05, 0) is 71.5 Å². The highest BCUT2D eigenvalue weighted by molar-refractivity contribution is 5.65. The smallest absolute Gasteiger partial charge is 0.122 e. The van der Waals surface area contributed by atoms with Crippen molar-refractivity contribution in [1.82, 2.24) is 0 Å². The van der Waals surface area contributed by atoms with Gasteiger partial charge in [-0.2, -0.15) is 0 Å². The van der Waals surface area contributed by atoms with E-state index < -0.39 is 12.2 Å². The molecule has 4 aromatic carbocycles. The van der Waals surface area contributed by atoms with Gasteiger partial charge in [-0.3, -0.25) is 0 Å². The third-order valence-corrected chi connectivity index (χ3v) is 5.78. The van der Waals surface area contributed by atoms with E-state index in [0.717, 1.165) is 44.9 Å². The summed E-state index contributed by atoms with van der Waals surface area (Å²) in [4.78, 5) is 0. The molecule has 4 aromatic rings. The van der Waals surface area contributed by atoms with Crippen molar-refractivity contribution in [3.05, 3.63) is 108 Å². The first-order valence-electron chi connectivity index (χ1n) is 11.5. The molecule has 0 amide bonds. The molecule has 0 aliphatic heterocycles. The van der Waals surface area contributed by atoms with Crippen molar-refractivity contribution in [2.24, 2.45) is 0 Å². The van der Waals surface area contributed by atoms with Gasteiger partial charge < -0.3 is 19.7 Å². The van der Waals surface area contributed by atoms with Crippen LogP contribution in [-0.4, -0.2) is 23.4 Å². The fourth-order valence-electron chi connectivity index (χ4n) is 3.71. The minimum atomic E-state index is -0.459. The standard InChI is InChI=1S/C30H30O4/c1-21(31)23-3-7-25(8-4-23)27-11-15-29(16-12-27)33-19-20-34-30-17-13-28(14-18-30)26-9-5-24(6-10-26)22(2)32/h3-18,21-22,31-32H,19-20H2,1-2H3. The lowest BCUT2D eigenvalue weighted by molar-refractivity contribution is 0.199. The number of aliphatic hydroxyl groups excluding tert-OH is 2. The molecule has 0 saturated heterocycles. The Morgan fingerprint density at radius 3 is 1.00 bits per heavy atom. The molecule has 2 N–H and O–H groups in total. The van der Waals surface area contributed by atoms with E-state index in [1.807, 2.05) is 97.1 Å². The molecule has 174 valence electrons. The molecule has 0 aliphatic carbocycles. The molecule has 4 nitrogen and oxygen atoms in total. The molecule has 0 aromatic heterocycles. The third kappa shape index (κ3) is 6.04. The highest BCUT2D eigenvalue weighted by Gasteiger charge is 2.04. The fraction of sp³-hybridized carbons (Fsp3) is 0.200.